The molecular formula is C12H14Cl2O. The van der Waals surface area contributed by atoms with Gasteiger partial charge in [-0.15, -0.1) is 11.6 Å². The number of hydrogen-bond donors (Lipinski definition) is 0. The molecule has 15 heavy (non-hydrogen) atoms. The standard InChI is InChI=1S/C12H14Cl2O/c13-8-12(5-6-15-9-12)7-10-3-1-2-4-11(10)14/h1-4H,5-9H2. The summed E-state index contributed by atoms with van der Waals surface area (Å²) in [4.78, 5) is 0. The molecule has 1 aromatic carbocycles. The van der Waals surface area contributed by atoms with Crippen LogP contribution in [0.1, 0.15) is 12.0 Å². The van der Waals surface area contributed by atoms with Crippen LogP contribution in [0.25, 0.3) is 0 Å². The molecule has 82 valence electrons. The monoisotopic (exact) mass is 244 g/mol. The zero-order chi connectivity index (χ0) is 10.7. The quantitative estimate of drug-likeness (QED) is 0.740. The maximum Gasteiger partial charge on any atom is 0.0537 e. The van der Waals surface area contributed by atoms with E-state index in [-0.39, 0.29) is 5.41 Å². The Morgan fingerprint density at radius 2 is 2.13 bits per heavy atom. The van der Waals surface area contributed by atoms with Crippen molar-refractivity contribution in [2.24, 2.45) is 5.41 Å². The van der Waals surface area contributed by atoms with Gasteiger partial charge in [-0.2, -0.15) is 0 Å². The van der Waals surface area contributed by atoms with E-state index in [9.17, 15) is 0 Å². The van der Waals surface area contributed by atoms with Gasteiger partial charge < -0.3 is 4.74 Å². The Kier molecular flexibility index (Phi) is 3.55. The minimum atomic E-state index is 0.0898. The first-order chi connectivity index (χ1) is 7.26. The second kappa shape index (κ2) is 4.73. The average molecular weight is 245 g/mol. The van der Waals surface area contributed by atoms with E-state index in [2.05, 4.69) is 6.07 Å². The van der Waals surface area contributed by atoms with Crippen LogP contribution in [-0.2, 0) is 11.2 Å². The second-order valence-corrected chi connectivity index (χ2v) is 4.88. The Labute approximate surface area is 100 Å². The molecule has 0 radical (unpaired) electrons. The predicted octanol–water partition coefficient (Wildman–Crippen LogP) is 3.53. The molecule has 3 heteroatoms. The lowest BCUT2D eigenvalue weighted by Gasteiger charge is -2.24. The molecule has 1 fully saturated rings. The summed E-state index contributed by atoms with van der Waals surface area (Å²) in [5.74, 6) is 0.637. The van der Waals surface area contributed by atoms with E-state index in [1.807, 2.05) is 18.2 Å². The third-order valence-corrected chi connectivity index (χ3v) is 3.93. The normalized spacial score (nSPS) is 25.7. The number of ether oxygens (including phenoxy) is 1. The number of hydrogen-bond acceptors (Lipinski definition) is 1. The largest absolute Gasteiger partial charge is 0.381 e. The fraction of sp³-hybridized carbons (Fsp3) is 0.500. The minimum Gasteiger partial charge on any atom is -0.381 e. The molecule has 1 saturated heterocycles. The van der Waals surface area contributed by atoms with Gasteiger partial charge >= 0.3 is 0 Å². The van der Waals surface area contributed by atoms with Crippen LogP contribution in [0, 0.1) is 5.41 Å². The summed E-state index contributed by atoms with van der Waals surface area (Å²) in [6, 6.07) is 7.95. The van der Waals surface area contributed by atoms with Crippen LogP contribution in [0.3, 0.4) is 0 Å². The molecule has 1 unspecified atom stereocenters. The van der Waals surface area contributed by atoms with Crippen molar-refractivity contribution in [1.29, 1.82) is 0 Å². The Morgan fingerprint density at radius 3 is 2.73 bits per heavy atom. The van der Waals surface area contributed by atoms with Crippen LogP contribution >= 0.6 is 23.2 Å². The molecule has 0 aliphatic carbocycles. The van der Waals surface area contributed by atoms with E-state index in [0.717, 1.165) is 31.1 Å². The molecule has 1 atom stereocenters. The van der Waals surface area contributed by atoms with Gasteiger partial charge in [0.05, 0.1) is 6.61 Å². The van der Waals surface area contributed by atoms with Crippen molar-refractivity contribution in [2.45, 2.75) is 12.8 Å². The topological polar surface area (TPSA) is 9.23 Å². The van der Waals surface area contributed by atoms with Gasteiger partial charge in [-0.3, -0.25) is 0 Å². The number of halogens is 2. The van der Waals surface area contributed by atoms with Crippen molar-refractivity contribution in [3.63, 3.8) is 0 Å². The maximum absolute atomic E-state index is 6.14. The molecule has 0 spiro atoms. The predicted molar refractivity (Wildman–Crippen MR) is 63.7 cm³/mol. The molecule has 0 saturated carbocycles. The van der Waals surface area contributed by atoms with Crippen LogP contribution in [0.4, 0.5) is 0 Å². The zero-order valence-corrected chi connectivity index (χ0v) is 10.0. The van der Waals surface area contributed by atoms with E-state index in [4.69, 9.17) is 27.9 Å². The molecule has 2 rings (SSSR count). The summed E-state index contributed by atoms with van der Waals surface area (Å²) in [6.07, 6.45) is 1.94. The lowest BCUT2D eigenvalue weighted by molar-refractivity contribution is 0.161. The average Bonchev–Trinajstić information content (AvgIpc) is 2.71. The zero-order valence-electron chi connectivity index (χ0n) is 8.51. The van der Waals surface area contributed by atoms with Crippen LogP contribution in [-0.4, -0.2) is 19.1 Å². The second-order valence-electron chi connectivity index (χ2n) is 4.20. The Balaban J connectivity index is 2.16. The van der Waals surface area contributed by atoms with Gasteiger partial charge in [0, 0.05) is 22.9 Å². The van der Waals surface area contributed by atoms with Crippen molar-refractivity contribution in [2.75, 3.05) is 19.1 Å². The minimum absolute atomic E-state index is 0.0898. The summed E-state index contributed by atoms with van der Waals surface area (Å²) >= 11 is 12.2. The summed E-state index contributed by atoms with van der Waals surface area (Å²) < 4.78 is 5.44. The summed E-state index contributed by atoms with van der Waals surface area (Å²) in [6.45, 7) is 1.57. The fourth-order valence-electron chi connectivity index (χ4n) is 1.99. The summed E-state index contributed by atoms with van der Waals surface area (Å²) in [5, 5.41) is 0.828. The third kappa shape index (κ3) is 2.47. The van der Waals surface area contributed by atoms with Gasteiger partial charge in [-0.25, -0.2) is 0 Å². The summed E-state index contributed by atoms with van der Waals surface area (Å²) in [7, 11) is 0. The molecule has 1 nitrogen and oxygen atoms in total. The van der Waals surface area contributed by atoms with Crippen molar-refractivity contribution in [3.8, 4) is 0 Å². The van der Waals surface area contributed by atoms with E-state index in [1.54, 1.807) is 0 Å². The highest BCUT2D eigenvalue weighted by atomic mass is 35.5. The number of benzene rings is 1. The van der Waals surface area contributed by atoms with Crippen LogP contribution in [0.5, 0.6) is 0 Å². The number of alkyl halides is 1. The Bertz CT molecular complexity index is 332. The molecule has 1 aromatic rings. The van der Waals surface area contributed by atoms with Gasteiger partial charge in [0.25, 0.3) is 0 Å². The molecule has 1 heterocycles. The van der Waals surface area contributed by atoms with E-state index >= 15 is 0 Å². The molecule has 0 N–H and O–H groups in total. The van der Waals surface area contributed by atoms with Gasteiger partial charge in [0.2, 0.25) is 0 Å². The van der Waals surface area contributed by atoms with E-state index in [1.165, 1.54) is 5.56 Å². The van der Waals surface area contributed by atoms with Gasteiger partial charge in [0.1, 0.15) is 0 Å². The molecule has 0 amide bonds. The Hall–Kier alpha value is -0.240. The highest BCUT2D eigenvalue weighted by Gasteiger charge is 2.34. The first-order valence-electron chi connectivity index (χ1n) is 5.13. The summed E-state index contributed by atoms with van der Waals surface area (Å²) in [5.41, 5.74) is 1.26. The molecule has 0 bridgehead atoms. The SMILES string of the molecule is ClCC1(Cc2ccccc2Cl)CCOC1. The molecular weight excluding hydrogens is 231 g/mol. The highest BCUT2D eigenvalue weighted by molar-refractivity contribution is 6.31. The lowest BCUT2D eigenvalue weighted by atomic mass is 9.83. The van der Waals surface area contributed by atoms with Gasteiger partial charge in [-0.05, 0) is 24.5 Å². The smallest absolute Gasteiger partial charge is 0.0537 e. The fourth-order valence-corrected chi connectivity index (χ4v) is 2.50. The third-order valence-electron chi connectivity index (χ3n) is 2.99. The maximum atomic E-state index is 6.14. The Morgan fingerprint density at radius 1 is 1.33 bits per heavy atom. The first kappa shape index (κ1) is 11.3. The number of rotatable bonds is 3. The van der Waals surface area contributed by atoms with Crippen LogP contribution in [0.2, 0.25) is 5.02 Å². The molecule has 1 aliphatic heterocycles. The van der Waals surface area contributed by atoms with E-state index < -0.39 is 0 Å². The highest BCUT2D eigenvalue weighted by Crippen LogP contribution is 2.35. The van der Waals surface area contributed by atoms with Crippen molar-refractivity contribution >= 4 is 23.2 Å². The molecule has 0 aromatic heterocycles. The van der Waals surface area contributed by atoms with Crippen LogP contribution < -0.4 is 0 Å². The molecule has 1 aliphatic rings. The lowest BCUT2D eigenvalue weighted by Crippen LogP contribution is -2.26. The van der Waals surface area contributed by atoms with Gasteiger partial charge in [0.15, 0.2) is 0 Å². The van der Waals surface area contributed by atoms with Crippen molar-refractivity contribution in [3.05, 3.63) is 34.9 Å². The first-order valence-corrected chi connectivity index (χ1v) is 6.04. The van der Waals surface area contributed by atoms with Crippen molar-refractivity contribution < 1.29 is 4.74 Å². The van der Waals surface area contributed by atoms with Crippen molar-refractivity contribution in [1.82, 2.24) is 0 Å². The van der Waals surface area contributed by atoms with E-state index in [0.29, 0.717) is 5.88 Å². The van der Waals surface area contributed by atoms with Gasteiger partial charge in [-0.1, -0.05) is 29.8 Å². The van der Waals surface area contributed by atoms with Crippen LogP contribution in [0.15, 0.2) is 24.3 Å².